The van der Waals surface area contributed by atoms with Crippen molar-refractivity contribution in [3.8, 4) is 0 Å². The maximum atomic E-state index is 12.5. The van der Waals surface area contributed by atoms with Crippen molar-refractivity contribution in [2.24, 2.45) is 5.92 Å². The Hall–Kier alpha value is -0.0600. The lowest BCUT2D eigenvalue weighted by Crippen LogP contribution is -2.46. The molecular weight excluding hydrogens is 270 g/mol. The Morgan fingerprint density at radius 3 is 2.70 bits per heavy atom. The van der Waals surface area contributed by atoms with E-state index in [1.54, 1.807) is 0 Å². The third-order valence-electron chi connectivity index (χ3n) is 5.27. The Labute approximate surface area is 126 Å². The second-order valence-electron chi connectivity index (χ2n) is 6.66. The van der Waals surface area contributed by atoms with Gasteiger partial charge in [0.05, 0.1) is 12.1 Å². The van der Waals surface area contributed by atoms with Crippen LogP contribution in [0.4, 0.5) is 0 Å². The van der Waals surface area contributed by atoms with Crippen LogP contribution < -0.4 is 5.32 Å². The van der Waals surface area contributed by atoms with Crippen LogP contribution in [0.15, 0.2) is 0 Å². The van der Waals surface area contributed by atoms with Crippen molar-refractivity contribution in [2.75, 3.05) is 24.7 Å². The molecule has 0 amide bonds. The summed E-state index contributed by atoms with van der Waals surface area (Å²) in [4.78, 5) is 12.5. The molecule has 0 aromatic rings. The highest BCUT2D eigenvalue weighted by molar-refractivity contribution is 7.99. The van der Waals surface area contributed by atoms with Crippen LogP contribution >= 0.6 is 11.8 Å². The van der Waals surface area contributed by atoms with Crippen LogP contribution in [-0.4, -0.2) is 42.1 Å². The summed E-state index contributed by atoms with van der Waals surface area (Å²) in [6.45, 7) is 1.37. The van der Waals surface area contributed by atoms with Crippen LogP contribution in [0.25, 0.3) is 0 Å². The van der Waals surface area contributed by atoms with Crippen molar-refractivity contribution in [1.29, 1.82) is 0 Å². The first-order chi connectivity index (χ1) is 9.77. The number of ether oxygens (including phenoxy) is 1. The lowest BCUT2D eigenvalue weighted by Gasteiger charge is -2.43. The molecule has 1 aliphatic carbocycles. The molecule has 0 bridgehead atoms. The van der Waals surface area contributed by atoms with Gasteiger partial charge in [-0.1, -0.05) is 12.8 Å². The minimum Gasteiger partial charge on any atom is -0.375 e. The van der Waals surface area contributed by atoms with E-state index >= 15 is 0 Å². The van der Waals surface area contributed by atoms with E-state index in [-0.39, 0.29) is 11.5 Å². The number of rotatable bonds is 4. The molecule has 0 aromatic carbocycles. The molecule has 2 heterocycles. The van der Waals surface area contributed by atoms with Crippen molar-refractivity contribution in [1.82, 2.24) is 5.32 Å². The SMILES string of the molecule is O=C(CNC1CCCC1)C1CCOC2(CCSCC2)C1. The average Bonchev–Trinajstić information content (AvgIpc) is 2.99. The summed E-state index contributed by atoms with van der Waals surface area (Å²) in [5.74, 6) is 3.06. The average molecular weight is 297 g/mol. The fourth-order valence-electron chi connectivity index (χ4n) is 3.91. The van der Waals surface area contributed by atoms with Crippen molar-refractivity contribution < 1.29 is 9.53 Å². The Morgan fingerprint density at radius 1 is 1.20 bits per heavy atom. The van der Waals surface area contributed by atoms with Gasteiger partial charge in [0.1, 0.15) is 5.78 Å². The highest BCUT2D eigenvalue weighted by Gasteiger charge is 2.40. The van der Waals surface area contributed by atoms with E-state index in [9.17, 15) is 4.79 Å². The molecule has 2 aliphatic heterocycles. The molecule has 0 aromatic heterocycles. The molecular formula is C16H27NO2S. The van der Waals surface area contributed by atoms with Crippen LogP contribution in [0, 0.1) is 5.92 Å². The first kappa shape index (κ1) is 14.9. The fourth-order valence-corrected chi connectivity index (χ4v) is 5.15. The number of carbonyl (C=O) groups is 1. The zero-order chi connectivity index (χ0) is 13.8. The normalized spacial score (nSPS) is 30.7. The molecule has 1 atom stereocenters. The van der Waals surface area contributed by atoms with Gasteiger partial charge in [-0.15, -0.1) is 0 Å². The van der Waals surface area contributed by atoms with Crippen molar-refractivity contribution in [3.63, 3.8) is 0 Å². The molecule has 1 saturated carbocycles. The molecule has 3 aliphatic rings. The van der Waals surface area contributed by atoms with E-state index in [1.165, 1.54) is 37.2 Å². The van der Waals surface area contributed by atoms with Crippen molar-refractivity contribution >= 4 is 17.5 Å². The van der Waals surface area contributed by atoms with Gasteiger partial charge in [-0.05, 0) is 50.0 Å². The van der Waals surface area contributed by atoms with E-state index in [0.29, 0.717) is 18.4 Å². The number of ketones is 1. The largest absolute Gasteiger partial charge is 0.375 e. The third-order valence-corrected chi connectivity index (χ3v) is 6.26. The molecule has 3 nitrogen and oxygen atoms in total. The summed E-state index contributed by atoms with van der Waals surface area (Å²) in [7, 11) is 0. The molecule has 4 heteroatoms. The molecule has 1 N–H and O–H groups in total. The van der Waals surface area contributed by atoms with E-state index in [4.69, 9.17) is 4.74 Å². The molecule has 1 spiro atoms. The number of nitrogens with one attached hydrogen (secondary N) is 1. The zero-order valence-corrected chi connectivity index (χ0v) is 13.2. The molecule has 2 saturated heterocycles. The van der Waals surface area contributed by atoms with Gasteiger partial charge in [-0.2, -0.15) is 11.8 Å². The monoisotopic (exact) mass is 297 g/mol. The van der Waals surface area contributed by atoms with Gasteiger partial charge in [-0.3, -0.25) is 4.79 Å². The smallest absolute Gasteiger partial charge is 0.149 e. The van der Waals surface area contributed by atoms with Gasteiger partial charge in [0.15, 0.2) is 0 Å². The minimum atomic E-state index is 0.0389. The number of carbonyl (C=O) groups excluding carboxylic acids is 1. The van der Waals surface area contributed by atoms with Gasteiger partial charge in [-0.25, -0.2) is 0 Å². The van der Waals surface area contributed by atoms with E-state index in [0.717, 1.165) is 32.3 Å². The summed E-state index contributed by atoms with van der Waals surface area (Å²) >= 11 is 2.02. The zero-order valence-electron chi connectivity index (χ0n) is 12.4. The Balaban J connectivity index is 1.49. The molecule has 114 valence electrons. The topological polar surface area (TPSA) is 38.3 Å². The number of hydrogen-bond acceptors (Lipinski definition) is 4. The van der Waals surface area contributed by atoms with Gasteiger partial charge >= 0.3 is 0 Å². The Kier molecular flexibility index (Phi) is 5.05. The predicted molar refractivity (Wildman–Crippen MR) is 83.2 cm³/mol. The van der Waals surface area contributed by atoms with Crippen molar-refractivity contribution in [3.05, 3.63) is 0 Å². The summed E-state index contributed by atoms with van der Waals surface area (Å²) in [5.41, 5.74) is 0.0389. The van der Waals surface area contributed by atoms with Crippen LogP contribution in [-0.2, 0) is 9.53 Å². The Bertz CT molecular complexity index is 330. The minimum absolute atomic E-state index is 0.0389. The number of thioether (sulfide) groups is 1. The summed E-state index contributed by atoms with van der Waals surface area (Å²) in [5, 5.41) is 3.48. The number of Topliss-reactive ketones (excluding diaryl/α,β-unsaturated/α-hetero) is 1. The summed E-state index contributed by atoms with van der Waals surface area (Å²) in [6.07, 6.45) is 9.33. The predicted octanol–water partition coefficient (Wildman–Crippen LogP) is 2.78. The van der Waals surface area contributed by atoms with E-state index in [2.05, 4.69) is 5.32 Å². The molecule has 3 fully saturated rings. The molecule has 0 radical (unpaired) electrons. The number of hydrogen-bond donors (Lipinski definition) is 1. The summed E-state index contributed by atoms with van der Waals surface area (Å²) in [6, 6.07) is 0.596. The van der Waals surface area contributed by atoms with Crippen LogP contribution in [0.3, 0.4) is 0 Å². The first-order valence-electron chi connectivity index (χ1n) is 8.25. The maximum Gasteiger partial charge on any atom is 0.149 e. The molecule has 3 rings (SSSR count). The standard InChI is InChI=1S/C16H27NO2S/c18-15(12-17-14-3-1-2-4-14)13-5-8-19-16(11-13)6-9-20-10-7-16/h13-14,17H,1-12H2. The second kappa shape index (κ2) is 6.80. The maximum absolute atomic E-state index is 12.5. The van der Waals surface area contributed by atoms with Crippen LogP contribution in [0.2, 0.25) is 0 Å². The van der Waals surface area contributed by atoms with Gasteiger partial charge < -0.3 is 10.1 Å². The Morgan fingerprint density at radius 2 is 1.95 bits per heavy atom. The highest BCUT2D eigenvalue weighted by atomic mass is 32.2. The van der Waals surface area contributed by atoms with E-state index in [1.807, 2.05) is 11.8 Å². The van der Waals surface area contributed by atoms with Crippen LogP contribution in [0.1, 0.15) is 51.4 Å². The van der Waals surface area contributed by atoms with Gasteiger partial charge in [0.25, 0.3) is 0 Å². The lowest BCUT2D eigenvalue weighted by molar-refractivity contribution is -0.137. The first-order valence-corrected chi connectivity index (χ1v) is 9.41. The van der Waals surface area contributed by atoms with E-state index < -0.39 is 0 Å². The van der Waals surface area contributed by atoms with Gasteiger partial charge in [0.2, 0.25) is 0 Å². The third kappa shape index (κ3) is 3.58. The molecule has 1 unspecified atom stereocenters. The fraction of sp³-hybridized carbons (Fsp3) is 0.938. The molecule has 20 heavy (non-hydrogen) atoms. The van der Waals surface area contributed by atoms with Crippen molar-refractivity contribution in [2.45, 2.75) is 63.0 Å². The van der Waals surface area contributed by atoms with Gasteiger partial charge in [0, 0.05) is 18.6 Å². The summed E-state index contributed by atoms with van der Waals surface area (Å²) < 4.78 is 6.08. The quantitative estimate of drug-likeness (QED) is 0.866. The van der Waals surface area contributed by atoms with Crippen LogP contribution in [0.5, 0.6) is 0 Å². The second-order valence-corrected chi connectivity index (χ2v) is 7.89. The highest BCUT2D eigenvalue weighted by Crippen LogP contribution is 2.39. The lowest BCUT2D eigenvalue weighted by atomic mass is 9.80.